The molecule has 1 aromatic carbocycles. The number of hydrogen-bond acceptors (Lipinski definition) is 2. The van der Waals surface area contributed by atoms with Gasteiger partial charge in [-0.1, -0.05) is 30.3 Å². The molecule has 1 rings (SSSR count). The van der Waals surface area contributed by atoms with Crippen LogP contribution in [-0.4, -0.2) is 23.3 Å². The van der Waals surface area contributed by atoms with E-state index >= 15 is 0 Å². The maximum Gasteiger partial charge on any atom is 0.315 e. The van der Waals surface area contributed by atoms with E-state index in [0.29, 0.717) is 13.0 Å². The first kappa shape index (κ1) is 13.5. The van der Waals surface area contributed by atoms with Gasteiger partial charge < -0.3 is 15.7 Å². The zero-order valence-electron chi connectivity index (χ0n) is 10.3. The molecule has 2 amide bonds. The Bertz CT molecular complexity index is 339. The lowest BCUT2D eigenvalue weighted by molar-refractivity contribution is 0.170. The second-order valence-electron chi connectivity index (χ2n) is 4.30. The van der Waals surface area contributed by atoms with Gasteiger partial charge in [-0.2, -0.15) is 0 Å². The summed E-state index contributed by atoms with van der Waals surface area (Å²) in [6.07, 6.45) is 0.151. The van der Waals surface area contributed by atoms with Crippen molar-refractivity contribution in [3.05, 3.63) is 35.9 Å². The van der Waals surface area contributed by atoms with Gasteiger partial charge in [-0.15, -0.1) is 0 Å². The van der Waals surface area contributed by atoms with Crippen molar-refractivity contribution < 1.29 is 9.90 Å². The van der Waals surface area contributed by atoms with E-state index in [1.807, 2.05) is 37.3 Å². The summed E-state index contributed by atoms with van der Waals surface area (Å²) in [6.45, 7) is 4.09. The third-order valence-electron chi connectivity index (χ3n) is 2.37. The minimum atomic E-state index is -0.403. The van der Waals surface area contributed by atoms with Gasteiger partial charge in [0.1, 0.15) is 0 Å². The standard InChI is InChI=1S/C13H20N2O2/c1-10(8-11(2)16)15-13(17)14-9-12-6-4-3-5-7-12/h3-7,10-11,16H,8-9H2,1-2H3,(H2,14,15,17). The molecular weight excluding hydrogens is 216 g/mol. The van der Waals surface area contributed by atoms with Gasteiger partial charge in [0.05, 0.1) is 6.10 Å². The molecule has 1 aromatic rings. The summed E-state index contributed by atoms with van der Waals surface area (Å²) in [4.78, 5) is 11.5. The lowest BCUT2D eigenvalue weighted by Gasteiger charge is -2.15. The molecule has 2 unspecified atom stereocenters. The molecule has 94 valence electrons. The van der Waals surface area contributed by atoms with E-state index in [2.05, 4.69) is 10.6 Å². The first-order valence-corrected chi connectivity index (χ1v) is 5.84. The summed E-state index contributed by atoms with van der Waals surface area (Å²) in [5.41, 5.74) is 1.06. The minimum absolute atomic E-state index is 0.0363. The van der Waals surface area contributed by atoms with Crippen molar-refractivity contribution in [2.75, 3.05) is 0 Å². The maximum atomic E-state index is 11.5. The molecule has 3 N–H and O–H groups in total. The van der Waals surface area contributed by atoms with Gasteiger partial charge in [-0.05, 0) is 25.8 Å². The van der Waals surface area contributed by atoms with Crippen molar-refractivity contribution in [3.8, 4) is 0 Å². The van der Waals surface area contributed by atoms with Crippen molar-refractivity contribution in [1.82, 2.24) is 10.6 Å². The maximum absolute atomic E-state index is 11.5. The minimum Gasteiger partial charge on any atom is -0.393 e. The molecule has 2 atom stereocenters. The number of carbonyl (C=O) groups excluding carboxylic acids is 1. The second-order valence-corrected chi connectivity index (χ2v) is 4.30. The third kappa shape index (κ3) is 5.92. The van der Waals surface area contributed by atoms with Crippen LogP contribution in [0.15, 0.2) is 30.3 Å². The predicted molar refractivity (Wildman–Crippen MR) is 67.6 cm³/mol. The monoisotopic (exact) mass is 236 g/mol. The first-order valence-electron chi connectivity index (χ1n) is 5.84. The number of urea groups is 1. The molecule has 0 aliphatic carbocycles. The molecule has 0 aliphatic heterocycles. The van der Waals surface area contributed by atoms with Crippen LogP contribution >= 0.6 is 0 Å². The predicted octanol–water partition coefficient (Wildman–Crippen LogP) is 1.65. The molecule has 0 bridgehead atoms. The fourth-order valence-electron chi connectivity index (χ4n) is 1.62. The van der Waals surface area contributed by atoms with E-state index < -0.39 is 6.10 Å². The topological polar surface area (TPSA) is 61.4 Å². The Morgan fingerprint density at radius 2 is 1.94 bits per heavy atom. The van der Waals surface area contributed by atoms with E-state index in [1.54, 1.807) is 6.92 Å². The Kier molecular flexibility index (Phi) is 5.49. The van der Waals surface area contributed by atoms with Crippen LogP contribution in [0.1, 0.15) is 25.8 Å². The molecule has 0 fully saturated rings. The number of aliphatic hydroxyl groups excluding tert-OH is 1. The number of aliphatic hydroxyl groups is 1. The van der Waals surface area contributed by atoms with Gasteiger partial charge in [0, 0.05) is 12.6 Å². The van der Waals surface area contributed by atoms with Gasteiger partial charge in [-0.25, -0.2) is 4.79 Å². The zero-order chi connectivity index (χ0) is 12.7. The van der Waals surface area contributed by atoms with Gasteiger partial charge in [0.2, 0.25) is 0 Å². The van der Waals surface area contributed by atoms with E-state index in [0.717, 1.165) is 5.56 Å². The Balaban J connectivity index is 2.26. The fraction of sp³-hybridized carbons (Fsp3) is 0.462. The summed E-state index contributed by atoms with van der Waals surface area (Å²) in [7, 11) is 0. The summed E-state index contributed by atoms with van der Waals surface area (Å²) in [5, 5.41) is 14.7. The Morgan fingerprint density at radius 3 is 2.53 bits per heavy atom. The SMILES string of the molecule is CC(O)CC(C)NC(=O)NCc1ccccc1. The van der Waals surface area contributed by atoms with Crippen LogP contribution in [0.5, 0.6) is 0 Å². The summed E-state index contributed by atoms with van der Waals surface area (Å²) >= 11 is 0. The van der Waals surface area contributed by atoms with Gasteiger partial charge in [0.15, 0.2) is 0 Å². The number of carbonyl (C=O) groups is 1. The van der Waals surface area contributed by atoms with Gasteiger partial charge in [-0.3, -0.25) is 0 Å². The van der Waals surface area contributed by atoms with Crippen molar-refractivity contribution in [2.24, 2.45) is 0 Å². The van der Waals surface area contributed by atoms with E-state index in [9.17, 15) is 9.90 Å². The molecule has 0 saturated carbocycles. The van der Waals surface area contributed by atoms with Crippen molar-refractivity contribution in [2.45, 2.75) is 39.0 Å². The zero-order valence-corrected chi connectivity index (χ0v) is 10.3. The largest absolute Gasteiger partial charge is 0.393 e. The van der Waals surface area contributed by atoms with E-state index in [4.69, 9.17) is 0 Å². The molecule has 0 spiro atoms. The number of nitrogens with one attached hydrogen (secondary N) is 2. The van der Waals surface area contributed by atoms with Crippen LogP contribution in [-0.2, 0) is 6.54 Å². The summed E-state index contributed by atoms with van der Waals surface area (Å²) in [5.74, 6) is 0. The average Bonchev–Trinajstić information content (AvgIpc) is 2.26. The van der Waals surface area contributed by atoms with Crippen LogP contribution in [0.4, 0.5) is 4.79 Å². The highest BCUT2D eigenvalue weighted by Crippen LogP contribution is 1.98. The van der Waals surface area contributed by atoms with Crippen LogP contribution < -0.4 is 10.6 Å². The van der Waals surface area contributed by atoms with Crippen LogP contribution in [0.25, 0.3) is 0 Å². The molecule has 0 radical (unpaired) electrons. The third-order valence-corrected chi connectivity index (χ3v) is 2.37. The molecule has 0 saturated heterocycles. The molecular formula is C13H20N2O2. The molecule has 0 heterocycles. The molecule has 4 heteroatoms. The lowest BCUT2D eigenvalue weighted by Crippen LogP contribution is -2.41. The Hall–Kier alpha value is -1.55. The van der Waals surface area contributed by atoms with Crippen LogP contribution in [0.3, 0.4) is 0 Å². The number of rotatable bonds is 5. The molecule has 0 aromatic heterocycles. The Morgan fingerprint density at radius 1 is 1.29 bits per heavy atom. The van der Waals surface area contributed by atoms with Crippen LogP contribution in [0, 0.1) is 0 Å². The normalized spacial score (nSPS) is 13.8. The van der Waals surface area contributed by atoms with Crippen LogP contribution in [0.2, 0.25) is 0 Å². The number of benzene rings is 1. The molecule has 4 nitrogen and oxygen atoms in total. The van der Waals surface area contributed by atoms with Crippen molar-refractivity contribution in [3.63, 3.8) is 0 Å². The number of amides is 2. The fourth-order valence-corrected chi connectivity index (χ4v) is 1.62. The van der Waals surface area contributed by atoms with Crippen molar-refractivity contribution in [1.29, 1.82) is 0 Å². The quantitative estimate of drug-likeness (QED) is 0.728. The van der Waals surface area contributed by atoms with Crippen molar-refractivity contribution >= 4 is 6.03 Å². The number of hydrogen-bond donors (Lipinski definition) is 3. The summed E-state index contributed by atoms with van der Waals surface area (Å²) < 4.78 is 0. The first-order chi connectivity index (χ1) is 8.08. The molecule has 0 aliphatic rings. The van der Waals surface area contributed by atoms with Gasteiger partial charge in [0.25, 0.3) is 0 Å². The lowest BCUT2D eigenvalue weighted by atomic mass is 10.1. The summed E-state index contributed by atoms with van der Waals surface area (Å²) in [6, 6.07) is 9.48. The van der Waals surface area contributed by atoms with E-state index in [-0.39, 0.29) is 12.1 Å². The highest BCUT2D eigenvalue weighted by Gasteiger charge is 2.08. The molecule has 17 heavy (non-hydrogen) atoms. The van der Waals surface area contributed by atoms with E-state index in [1.165, 1.54) is 0 Å². The highest BCUT2D eigenvalue weighted by molar-refractivity contribution is 5.74. The van der Waals surface area contributed by atoms with Gasteiger partial charge >= 0.3 is 6.03 Å². The average molecular weight is 236 g/mol. The second kappa shape index (κ2) is 6.91. The smallest absolute Gasteiger partial charge is 0.315 e. The Labute approximate surface area is 102 Å². The highest BCUT2D eigenvalue weighted by atomic mass is 16.3.